The van der Waals surface area contributed by atoms with E-state index in [0.29, 0.717) is 17.9 Å². The Hall–Kier alpha value is -1.14. The van der Waals surface area contributed by atoms with Crippen LogP contribution in [-0.4, -0.2) is 17.8 Å². The van der Waals surface area contributed by atoms with E-state index in [1.165, 1.54) is 6.07 Å². The van der Waals surface area contributed by atoms with Crippen LogP contribution in [0.1, 0.15) is 30.4 Å². The van der Waals surface area contributed by atoms with Crippen LogP contribution >= 0.6 is 0 Å². The van der Waals surface area contributed by atoms with Gasteiger partial charge in [-0.05, 0) is 42.9 Å². The second-order valence-corrected chi connectivity index (χ2v) is 5.15. The lowest BCUT2D eigenvalue weighted by Crippen LogP contribution is -2.31. The lowest BCUT2D eigenvalue weighted by molar-refractivity contribution is -0.140. The Balaban J connectivity index is 2.02. The molecule has 1 aromatic rings. The fourth-order valence-electron chi connectivity index (χ4n) is 2.29. The second-order valence-electron chi connectivity index (χ2n) is 5.15. The third-order valence-corrected chi connectivity index (χ3v) is 3.54. The summed E-state index contributed by atoms with van der Waals surface area (Å²) >= 11 is 0. The van der Waals surface area contributed by atoms with Crippen molar-refractivity contribution in [1.82, 2.24) is 5.32 Å². The largest absolute Gasteiger partial charge is 0.419 e. The molecule has 1 aromatic carbocycles. The van der Waals surface area contributed by atoms with Gasteiger partial charge in [0, 0.05) is 19.2 Å². The van der Waals surface area contributed by atoms with Crippen LogP contribution in [0.15, 0.2) is 18.2 Å². The summed E-state index contributed by atoms with van der Waals surface area (Å²) in [5.41, 5.74) is -0.843. The molecule has 0 spiro atoms. The van der Waals surface area contributed by atoms with Gasteiger partial charge in [-0.2, -0.15) is 13.2 Å². The molecule has 0 aromatic heterocycles. The minimum Gasteiger partial charge on any atom is -0.396 e. The molecule has 2 N–H and O–H groups in total. The van der Waals surface area contributed by atoms with Crippen LogP contribution in [0.25, 0.3) is 0 Å². The number of benzene rings is 1. The first-order valence-electron chi connectivity index (χ1n) is 6.61. The number of alkyl halides is 3. The van der Waals surface area contributed by atoms with E-state index in [-0.39, 0.29) is 19.2 Å². The van der Waals surface area contributed by atoms with Crippen molar-refractivity contribution in [3.8, 4) is 0 Å². The summed E-state index contributed by atoms with van der Waals surface area (Å²) in [5, 5.41) is 12.1. The van der Waals surface area contributed by atoms with Crippen LogP contribution in [-0.2, 0) is 12.7 Å². The fourth-order valence-corrected chi connectivity index (χ4v) is 2.29. The van der Waals surface area contributed by atoms with E-state index in [1.54, 1.807) is 0 Å². The van der Waals surface area contributed by atoms with Crippen molar-refractivity contribution in [3.63, 3.8) is 0 Å². The first-order valence-corrected chi connectivity index (χ1v) is 6.61. The number of halogens is 4. The number of rotatable bonds is 6. The average Bonchev–Trinajstić information content (AvgIpc) is 3.19. The summed E-state index contributed by atoms with van der Waals surface area (Å²) < 4.78 is 50.9. The fraction of sp³-hybridized carbons (Fsp3) is 0.571. The first kappa shape index (κ1) is 15.3. The van der Waals surface area contributed by atoms with Crippen LogP contribution < -0.4 is 5.32 Å². The minimum atomic E-state index is -4.68. The maximum Gasteiger partial charge on any atom is 0.419 e. The van der Waals surface area contributed by atoms with Crippen molar-refractivity contribution in [2.75, 3.05) is 6.61 Å². The van der Waals surface area contributed by atoms with Gasteiger partial charge in [0.25, 0.3) is 0 Å². The molecule has 1 saturated carbocycles. The van der Waals surface area contributed by atoms with Crippen LogP contribution in [0.3, 0.4) is 0 Å². The van der Waals surface area contributed by atoms with E-state index in [2.05, 4.69) is 5.32 Å². The standard InChI is InChI=1S/C14H17F4NO/c15-12-4-1-9(7-11(12)14(16,17)18)8-19-13(5-6-20)10-2-3-10/h1,4,7,10,13,19-20H,2-3,5-6,8H2. The van der Waals surface area contributed by atoms with Gasteiger partial charge in [0.05, 0.1) is 5.56 Å². The average molecular weight is 291 g/mol. The summed E-state index contributed by atoms with van der Waals surface area (Å²) in [6, 6.07) is 3.14. The van der Waals surface area contributed by atoms with E-state index < -0.39 is 17.6 Å². The van der Waals surface area contributed by atoms with Crippen LogP contribution in [0.4, 0.5) is 17.6 Å². The second kappa shape index (κ2) is 6.10. The van der Waals surface area contributed by atoms with Gasteiger partial charge in [-0.1, -0.05) is 6.07 Å². The van der Waals surface area contributed by atoms with Crippen LogP contribution in [0, 0.1) is 11.7 Å². The lowest BCUT2D eigenvalue weighted by Gasteiger charge is -2.18. The molecule has 1 aliphatic rings. The van der Waals surface area contributed by atoms with E-state index in [9.17, 15) is 17.6 Å². The Kier molecular flexibility index (Phi) is 4.65. The molecule has 2 rings (SSSR count). The van der Waals surface area contributed by atoms with Gasteiger partial charge in [0.2, 0.25) is 0 Å². The topological polar surface area (TPSA) is 32.3 Å². The Labute approximate surface area is 114 Å². The van der Waals surface area contributed by atoms with Gasteiger partial charge in [-0.3, -0.25) is 0 Å². The third-order valence-electron chi connectivity index (χ3n) is 3.54. The molecule has 0 saturated heterocycles. The summed E-state index contributed by atoms with van der Waals surface area (Å²) in [4.78, 5) is 0. The van der Waals surface area contributed by atoms with Gasteiger partial charge >= 0.3 is 6.18 Å². The molecule has 0 amide bonds. The van der Waals surface area contributed by atoms with Crippen molar-refractivity contribution in [2.45, 2.75) is 38.0 Å². The molecule has 1 aliphatic carbocycles. The predicted molar refractivity (Wildman–Crippen MR) is 66.5 cm³/mol. The summed E-state index contributed by atoms with van der Waals surface area (Å²) in [7, 11) is 0. The van der Waals surface area contributed by atoms with E-state index in [4.69, 9.17) is 5.11 Å². The Morgan fingerprint density at radius 1 is 1.30 bits per heavy atom. The molecular weight excluding hydrogens is 274 g/mol. The first-order chi connectivity index (χ1) is 9.41. The molecule has 0 bridgehead atoms. The summed E-state index contributed by atoms with van der Waals surface area (Å²) in [6.45, 7) is 0.288. The van der Waals surface area contributed by atoms with E-state index >= 15 is 0 Å². The molecule has 1 fully saturated rings. The SMILES string of the molecule is OCCC(NCc1ccc(F)c(C(F)(F)F)c1)C1CC1. The number of hydrogen-bond acceptors (Lipinski definition) is 2. The number of hydrogen-bond donors (Lipinski definition) is 2. The van der Waals surface area contributed by atoms with E-state index in [0.717, 1.165) is 25.0 Å². The molecule has 0 radical (unpaired) electrons. The van der Waals surface area contributed by atoms with Crippen molar-refractivity contribution < 1.29 is 22.7 Å². The highest BCUT2D eigenvalue weighted by molar-refractivity contribution is 5.27. The van der Waals surface area contributed by atoms with Gasteiger partial charge in [0.1, 0.15) is 5.82 Å². The quantitative estimate of drug-likeness (QED) is 0.789. The maximum absolute atomic E-state index is 13.1. The predicted octanol–water partition coefficient (Wildman–Crippen LogP) is 3.10. The highest BCUT2D eigenvalue weighted by atomic mass is 19.4. The molecule has 6 heteroatoms. The molecule has 2 nitrogen and oxygen atoms in total. The summed E-state index contributed by atoms with van der Waals surface area (Å²) in [5.74, 6) is -0.764. The molecule has 0 heterocycles. The highest BCUT2D eigenvalue weighted by Crippen LogP contribution is 2.34. The van der Waals surface area contributed by atoms with Crippen molar-refractivity contribution in [2.24, 2.45) is 5.92 Å². The molecular formula is C14H17F4NO. The van der Waals surface area contributed by atoms with Crippen molar-refractivity contribution in [3.05, 3.63) is 35.1 Å². The zero-order valence-corrected chi connectivity index (χ0v) is 10.9. The van der Waals surface area contributed by atoms with Crippen LogP contribution in [0.2, 0.25) is 0 Å². The Morgan fingerprint density at radius 3 is 2.55 bits per heavy atom. The van der Waals surface area contributed by atoms with Gasteiger partial charge in [-0.15, -0.1) is 0 Å². The van der Waals surface area contributed by atoms with Gasteiger partial charge in [0.15, 0.2) is 0 Å². The number of aliphatic hydroxyl groups is 1. The van der Waals surface area contributed by atoms with Crippen molar-refractivity contribution in [1.29, 1.82) is 0 Å². The number of aliphatic hydroxyl groups excluding tert-OH is 1. The minimum absolute atomic E-state index is 0.0470. The zero-order valence-electron chi connectivity index (χ0n) is 10.9. The van der Waals surface area contributed by atoms with Crippen molar-refractivity contribution >= 4 is 0 Å². The smallest absolute Gasteiger partial charge is 0.396 e. The monoisotopic (exact) mass is 291 g/mol. The molecule has 112 valence electrons. The lowest BCUT2D eigenvalue weighted by atomic mass is 10.1. The highest BCUT2D eigenvalue weighted by Gasteiger charge is 2.34. The Bertz CT molecular complexity index is 457. The number of nitrogens with one attached hydrogen (secondary N) is 1. The van der Waals surface area contributed by atoms with E-state index in [1.807, 2.05) is 0 Å². The van der Waals surface area contributed by atoms with Gasteiger partial charge < -0.3 is 10.4 Å². The third kappa shape index (κ3) is 3.93. The molecule has 1 atom stereocenters. The molecule has 1 unspecified atom stereocenters. The van der Waals surface area contributed by atoms with Gasteiger partial charge in [-0.25, -0.2) is 4.39 Å². The van der Waals surface area contributed by atoms with Crippen LogP contribution in [0.5, 0.6) is 0 Å². The molecule has 20 heavy (non-hydrogen) atoms. The normalized spacial score (nSPS) is 17.2. The Morgan fingerprint density at radius 2 is 2.00 bits per heavy atom. The maximum atomic E-state index is 13.1. The zero-order chi connectivity index (χ0) is 14.8. The summed E-state index contributed by atoms with van der Waals surface area (Å²) in [6.07, 6.45) is -1.94. The molecule has 0 aliphatic heterocycles.